The van der Waals surface area contributed by atoms with Crippen molar-refractivity contribution in [1.29, 1.82) is 0 Å². The van der Waals surface area contributed by atoms with E-state index in [2.05, 4.69) is 42.5 Å². The summed E-state index contributed by atoms with van der Waals surface area (Å²) < 4.78 is 8.48. The van der Waals surface area contributed by atoms with E-state index in [-0.39, 0.29) is 11.6 Å². The highest BCUT2D eigenvalue weighted by Gasteiger charge is 2.47. The molecule has 2 heterocycles. The van der Waals surface area contributed by atoms with Gasteiger partial charge in [0.1, 0.15) is 6.10 Å². The molecule has 0 radical (unpaired) electrons. The fraction of sp³-hybridized carbons (Fsp3) is 0.640. The summed E-state index contributed by atoms with van der Waals surface area (Å²) in [4.78, 5) is 10.5. The molecule has 1 saturated carbocycles. The molecule has 2 atom stereocenters. The van der Waals surface area contributed by atoms with Crippen molar-refractivity contribution in [1.82, 2.24) is 14.6 Å². The van der Waals surface area contributed by atoms with Crippen LogP contribution in [-0.2, 0) is 21.7 Å². The standard InChI is InChI=1S/C25H36ClN3O2/c1-24(2,3)19-7-11-22(12-8-19)30-16-23-15-25(28(4)31-23,17-29-14-13-27-18-29)20-5-9-21(26)10-6-20/h5-6,9-10,13-14,18-19,22-23H,7-8,11-12,15-17H2,1-4H3. The summed E-state index contributed by atoms with van der Waals surface area (Å²) in [5.41, 5.74) is 1.30. The van der Waals surface area contributed by atoms with Gasteiger partial charge in [0.25, 0.3) is 0 Å². The van der Waals surface area contributed by atoms with E-state index in [0.717, 1.165) is 36.7 Å². The van der Waals surface area contributed by atoms with Gasteiger partial charge in [-0.25, -0.2) is 4.98 Å². The van der Waals surface area contributed by atoms with Crippen LogP contribution in [0.2, 0.25) is 5.02 Å². The van der Waals surface area contributed by atoms with Gasteiger partial charge in [-0.3, -0.25) is 4.84 Å². The smallest absolute Gasteiger partial charge is 0.105 e. The summed E-state index contributed by atoms with van der Waals surface area (Å²) >= 11 is 6.17. The van der Waals surface area contributed by atoms with Crippen LogP contribution in [0, 0.1) is 11.3 Å². The fourth-order valence-corrected chi connectivity index (χ4v) is 5.42. The molecule has 0 amide bonds. The Kier molecular flexibility index (Phi) is 6.78. The van der Waals surface area contributed by atoms with Crippen molar-refractivity contribution in [2.45, 2.75) is 77.2 Å². The average Bonchev–Trinajstić information content (AvgIpc) is 3.35. The lowest BCUT2D eigenvalue weighted by Crippen LogP contribution is -2.41. The molecule has 0 spiro atoms. The van der Waals surface area contributed by atoms with E-state index in [4.69, 9.17) is 21.2 Å². The molecule has 2 aromatic rings. The van der Waals surface area contributed by atoms with Crippen LogP contribution < -0.4 is 0 Å². The number of likely N-dealkylation sites (N-methyl/N-ethyl adjacent to an activating group) is 1. The van der Waals surface area contributed by atoms with E-state index in [0.29, 0.717) is 18.1 Å². The lowest BCUT2D eigenvalue weighted by molar-refractivity contribution is -0.188. The lowest BCUT2D eigenvalue weighted by Gasteiger charge is -2.37. The second kappa shape index (κ2) is 9.22. The molecule has 4 rings (SSSR count). The van der Waals surface area contributed by atoms with E-state index in [1.165, 1.54) is 18.4 Å². The average molecular weight is 446 g/mol. The summed E-state index contributed by atoms with van der Waals surface area (Å²) in [5, 5.41) is 2.76. The Balaban J connectivity index is 1.41. The molecule has 2 aliphatic rings. The van der Waals surface area contributed by atoms with Crippen LogP contribution in [0.1, 0.15) is 58.4 Å². The Hall–Kier alpha value is -1.40. The molecule has 5 nitrogen and oxygen atoms in total. The Morgan fingerprint density at radius 1 is 1.16 bits per heavy atom. The quantitative estimate of drug-likeness (QED) is 0.572. The number of hydroxylamine groups is 2. The molecule has 2 unspecified atom stereocenters. The summed E-state index contributed by atoms with van der Waals surface area (Å²) in [6, 6.07) is 8.13. The predicted octanol–water partition coefficient (Wildman–Crippen LogP) is 5.69. The Labute approximate surface area is 191 Å². The molecule has 1 saturated heterocycles. The van der Waals surface area contributed by atoms with Gasteiger partial charge in [0.2, 0.25) is 0 Å². The minimum Gasteiger partial charge on any atom is -0.375 e. The normalized spacial score (nSPS) is 30.0. The topological polar surface area (TPSA) is 39.5 Å². The van der Waals surface area contributed by atoms with Gasteiger partial charge in [0.15, 0.2) is 0 Å². The predicted molar refractivity (Wildman–Crippen MR) is 124 cm³/mol. The first-order valence-electron chi connectivity index (χ1n) is 11.5. The van der Waals surface area contributed by atoms with Crippen LogP contribution in [0.4, 0.5) is 0 Å². The van der Waals surface area contributed by atoms with E-state index >= 15 is 0 Å². The van der Waals surface area contributed by atoms with Crippen LogP contribution in [0.5, 0.6) is 0 Å². The summed E-state index contributed by atoms with van der Waals surface area (Å²) in [7, 11) is 2.03. The number of aromatic nitrogens is 2. The van der Waals surface area contributed by atoms with Crippen molar-refractivity contribution < 1.29 is 9.57 Å². The minimum absolute atomic E-state index is 0.0320. The Morgan fingerprint density at radius 3 is 2.48 bits per heavy atom. The zero-order valence-electron chi connectivity index (χ0n) is 19.3. The highest BCUT2D eigenvalue weighted by molar-refractivity contribution is 6.30. The number of benzene rings is 1. The van der Waals surface area contributed by atoms with Crippen molar-refractivity contribution in [3.63, 3.8) is 0 Å². The molecular weight excluding hydrogens is 410 g/mol. The molecule has 1 aromatic heterocycles. The first kappa shape index (κ1) is 22.8. The third-order valence-corrected chi connectivity index (χ3v) is 7.53. The van der Waals surface area contributed by atoms with Gasteiger partial charge in [-0.2, -0.15) is 5.06 Å². The van der Waals surface area contributed by atoms with Crippen LogP contribution in [0.15, 0.2) is 43.0 Å². The molecule has 2 fully saturated rings. The minimum atomic E-state index is -0.288. The van der Waals surface area contributed by atoms with Crippen molar-refractivity contribution in [3.8, 4) is 0 Å². The van der Waals surface area contributed by atoms with Gasteiger partial charge in [0, 0.05) is 37.4 Å². The first-order valence-corrected chi connectivity index (χ1v) is 11.9. The van der Waals surface area contributed by atoms with Crippen molar-refractivity contribution in [3.05, 3.63) is 53.6 Å². The van der Waals surface area contributed by atoms with Gasteiger partial charge >= 0.3 is 0 Å². The van der Waals surface area contributed by atoms with E-state index in [1.807, 2.05) is 43.0 Å². The van der Waals surface area contributed by atoms with Crippen LogP contribution in [-0.4, -0.2) is 40.5 Å². The largest absolute Gasteiger partial charge is 0.375 e. The molecule has 170 valence electrons. The molecule has 0 N–H and O–H groups in total. The first-order chi connectivity index (χ1) is 14.8. The molecule has 1 aliphatic heterocycles. The van der Waals surface area contributed by atoms with Crippen molar-refractivity contribution in [2.75, 3.05) is 13.7 Å². The van der Waals surface area contributed by atoms with Crippen LogP contribution >= 0.6 is 11.6 Å². The van der Waals surface area contributed by atoms with E-state index in [1.54, 1.807) is 0 Å². The number of nitrogens with zero attached hydrogens (tertiary/aromatic N) is 3. The lowest BCUT2D eigenvalue weighted by atomic mass is 9.72. The third kappa shape index (κ3) is 5.16. The van der Waals surface area contributed by atoms with Crippen molar-refractivity contribution >= 4 is 11.6 Å². The zero-order chi connectivity index (χ0) is 22.1. The molecular formula is C25H36ClN3O2. The summed E-state index contributed by atoms with van der Waals surface area (Å²) in [6.07, 6.45) is 11.8. The highest BCUT2D eigenvalue weighted by atomic mass is 35.5. The second-order valence-electron chi connectivity index (χ2n) is 10.4. The van der Waals surface area contributed by atoms with Crippen LogP contribution in [0.3, 0.4) is 0 Å². The number of hydrogen-bond acceptors (Lipinski definition) is 4. The van der Waals surface area contributed by atoms with Gasteiger partial charge in [-0.1, -0.05) is 44.5 Å². The Bertz CT molecular complexity index is 825. The maximum absolute atomic E-state index is 6.37. The maximum atomic E-state index is 6.37. The van der Waals surface area contributed by atoms with Crippen molar-refractivity contribution in [2.24, 2.45) is 11.3 Å². The number of imidazole rings is 1. The van der Waals surface area contributed by atoms with Gasteiger partial charge in [-0.05, 0) is 54.7 Å². The SMILES string of the molecule is CN1OC(COC2CCC(C(C)(C)C)CC2)CC1(Cn1ccnc1)c1ccc(Cl)cc1. The summed E-state index contributed by atoms with van der Waals surface area (Å²) in [5.74, 6) is 0.800. The summed E-state index contributed by atoms with van der Waals surface area (Å²) in [6.45, 7) is 8.47. The molecule has 1 aromatic carbocycles. The fourth-order valence-electron chi connectivity index (χ4n) is 5.29. The van der Waals surface area contributed by atoms with Gasteiger partial charge in [-0.15, -0.1) is 0 Å². The van der Waals surface area contributed by atoms with E-state index < -0.39 is 0 Å². The molecule has 1 aliphatic carbocycles. The maximum Gasteiger partial charge on any atom is 0.105 e. The Morgan fingerprint density at radius 2 is 1.87 bits per heavy atom. The third-order valence-electron chi connectivity index (χ3n) is 7.28. The molecule has 6 heteroatoms. The van der Waals surface area contributed by atoms with Crippen LogP contribution in [0.25, 0.3) is 0 Å². The molecule has 0 bridgehead atoms. The number of ether oxygens (including phenoxy) is 1. The number of hydrogen-bond donors (Lipinski definition) is 0. The zero-order valence-corrected chi connectivity index (χ0v) is 20.0. The number of rotatable bonds is 6. The number of halogens is 1. The van der Waals surface area contributed by atoms with E-state index in [9.17, 15) is 0 Å². The second-order valence-corrected chi connectivity index (χ2v) is 10.8. The monoisotopic (exact) mass is 445 g/mol. The van der Waals surface area contributed by atoms with Gasteiger partial charge < -0.3 is 9.30 Å². The molecule has 31 heavy (non-hydrogen) atoms. The highest BCUT2D eigenvalue weighted by Crippen LogP contribution is 2.42. The van der Waals surface area contributed by atoms with Gasteiger partial charge in [0.05, 0.1) is 24.6 Å².